The fraction of sp³-hybridized carbons (Fsp3) is 0.429. The van der Waals surface area contributed by atoms with Crippen LogP contribution in [0.25, 0.3) is 11.1 Å². The van der Waals surface area contributed by atoms with Crippen molar-refractivity contribution >= 4 is 33.2 Å². The lowest BCUT2D eigenvalue weighted by Crippen LogP contribution is -2.32. The van der Waals surface area contributed by atoms with Gasteiger partial charge in [-0.15, -0.1) is 0 Å². The standard InChI is InChI=1S/C21H24ClN3O3S/c1-3-29(27,28)24-19-6-4-5-15-16(11-23-12-17(15)19)14-9-13-7-8-20(26)25(2)21(13)18(22)10-14/h9-12,19,24H,3-8H2,1-2H3. The van der Waals surface area contributed by atoms with E-state index in [1.54, 1.807) is 25.1 Å². The van der Waals surface area contributed by atoms with Gasteiger partial charge < -0.3 is 4.90 Å². The molecule has 0 bridgehead atoms. The van der Waals surface area contributed by atoms with Gasteiger partial charge in [-0.1, -0.05) is 11.6 Å². The monoisotopic (exact) mass is 433 g/mol. The Morgan fingerprint density at radius 2 is 2.03 bits per heavy atom. The molecular formula is C21H24ClN3O3S. The Hall–Kier alpha value is -1.96. The number of aromatic nitrogens is 1. The van der Waals surface area contributed by atoms with E-state index < -0.39 is 10.0 Å². The Kier molecular flexibility index (Phi) is 5.40. The number of nitrogens with zero attached hydrogens (tertiary/aromatic N) is 2. The van der Waals surface area contributed by atoms with E-state index >= 15 is 0 Å². The molecule has 1 atom stereocenters. The number of anilines is 1. The molecule has 1 N–H and O–H groups in total. The summed E-state index contributed by atoms with van der Waals surface area (Å²) in [6.07, 6.45) is 7.25. The second kappa shape index (κ2) is 7.70. The normalized spacial score (nSPS) is 19.1. The van der Waals surface area contributed by atoms with Gasteiger partial charge in [0.25, 0.3) is 0 Å². The van der Waals surface area contributed by atoms with Crippen LogP contribution in [0.2, 0.25) is 5.02 Å². The van der Waals surface area contributed by atoms with Gasteiger partial charge in [-0.3, -0.25) is 9.78 Å². The number of sulfonamides is 1. The number of pyridine rings is 1. The van der Waals surface area contributed by atoms with Gasteiger partial charge in [-0.05, 0) is 67.0 Å². The topological polar surface area (TPSA) is 79.4 Å². The maximum absolute atomic E-state index is 12.1. The van der Waals surface area contributed by atoms with Gasteiger partial charge in [0.2, 0.25) is 15.9 Å². The first-order chi connectivity index (χ1) is 13.8. The summed E-state index contributed by atoms with van der Waals surface area (Å²) in [6, 6.07) is 3.71. The lowest BCUT2D eigenvalue weighted by atomic mass is 9.84. The third kappa shape index (κ3) is 3.79. The van der Waals surface area contributed by atoms with E-state index in [-0.39, 0.29) is 17.7 Å². The van der Waals surface area contributed by atoms with Crippen molar-refractivity contribution in [1.29, 1.82) is 0 Å². The molecule has 0 saturated carbocycles. The molecule has 1 aliphatic heterocycles. The summed E-state index contributed by atoms with van der Waals surface area (Å²) in [5, 5.41) is 0.546. The largest absolute Gasteiger partial charge is 0.314 e. The predicted molar refractivity (Wildman–Crippen MR) is 115 cm³/mol. The highest BCUT2D eigenvalue weighted by Crippen LogP contribution is 2.41. The second-order valence-corrected chi connectivity index (χ2v) is 10.1. The minimum atomic E-state index is -3.31. The van der Waals surface area contributed by atoms with Crippen LogP contribution >= 0.6 is 11.6 Å². The van der Waals surface area contributed by atoms with Crippen LogP contribution in [0.15, 0.2) is 24.5 Å². The molecule has 0 saturated heterocycles. The van der Waals surface area contributed by atoms with E-state index in [1.165, 1.54) is 0 Å². The number of hydrogen-bond acceptors (Lipinski definition) is 4. The molecule has 1 aromatic carbocycles. The number of halogens is 1. The molecule has 1 aliphatic carbocycles. The lowest BCUT2D eigenvalue weighted by Gasteiger charge is -2.29. The van der Waals surface area contributed by atoms with E-state index in [1.807, 2.05) is 12.3 Å². The number of amides is 1. The van der Waals surface area contributed by atoms with Gasteiger partial charge in [-0.25, -0.2) is 13.1 Å². The SMILES string of the molecule is CCS(=O)(=O)NC1CCCc2c(-c3cc(Cl)c4c(c3)CCC(=O)N4C)cncc21. The van der Waals surface area contributed by atoms with Gasteiger partial charge in [0.15, 0.2) is 0 Å². The molecule has 0 fully saturated rings. The Morgan fingerprint density at radius 3 is 2.79 bits per heavy atom. The fourth-order valence-electron chi connectivity index (χ4n) is 4.30. The summed E-state index contributed by atoms with van der Waals surface area (Å²) in [7, 11) is -1.55. The molecule has 0 spiro atoms. The Balaban J connectivity index is 1.78. The van der Waals surface area contributed by atoms with E-state index in [0.29, 0.717) is 17.9 Å². The zero-order valence-electron chi connectivity index (χ0n) is 16.5. The van der Waals surface area contributed by atoms with Crippen LogP contribution in [0.1, 0.15) is 48.9 Å². The number of carbonyl (C=O) groups is 1. The quantitative estimate of drug-likeness (QED) is 0.798. The van der Waals surface area contributed by atoms with Crippen LogP contribution in [0.3, 0.4) is 0 Å². The van der Waals surface area contributed by atoms with Crippen LogP contribution in [-0.2, 0) is 27.7 Å². The van der Waals surface area contributed by atoms with Crippen molar-refractivity contribution in [3.8, 4) is 11.1 Å². The molecule has 29 heavy (non-hydrogen) atoms. The number of hydrogen-bond donors (Lipinski definition) is 1. The summed E-state index contributed by atoms with van der Waals surface area (Å²) in [4.78, 5) is 18.1. The highest BCUT2D eigenvalue weighted by Gasteiger charge is 2.28. The summed E-state index contributed by atoms with van der Waals surface area (Å²) in [5.41, 5.74) is 5.81. The van der Waals surface area contributed by atoms with Crippen molar-refractivity contribution in [1.82, 2.24) is 9.71 Å². The fourth-order valence-corrected chi connectivity index (χ4v) is 5.51. The highest BCUT2D eigenvalue weighted by molar-refractivity contribution is 7.89. The predicted octanol–water partition coefficient (Wildman–Crippen LogP) is 3.63. The second-order valence-electron chi connectivity index (χ2n) is 7.64. The van der Waals surface area contributed by atoms with Crippen LogP contribution < -0.4 is 9.62 Å². The Labute approximate surface area is 176 Å². The molecule has 2 aliphatic rings. The van der Waals surface area contributed by atoms with E-state index in [2.05, 4.69) is 15.8 Å². The van der Waals surface area contributed by atoms with Crippen LogP contribution in [-0.4, -0.2) is 32.1 Å². The summed E-state index contributed by atoms with van der Waals surface area (Å²) < 4.78 is 27.0. The van der Waals surface area contributed by atoms with E-state index in [4.69, 9.17) is 11.6 Å². The van der Waals surface area contributed by atoms with Crippen LogP contribution in [0.5, 0.6) is 0 Å². The van der Waals surface area contributed by atoms with Crippen molar-refractivity contribution in [3.05, 3.63) is 46.2 Å². The van der Waals surface area contributed by atoms with Crippen molar-refractivity contribution < 1.29 is 13.2 Å². The average Bonchev–Trinajstić information content (AvgIpc) is 2.70. The molecule has 1 amide bonds. The maximum atomic E-state index is 12.1. The zero-order chi connectivity index (χ0) is 20.8. The van der Waals surface area contributed by atoms with Gasteiger partial charge in [-0.2, -0.15) is 0 Å². The van der Waals surface area contributed by atoms with Crippen molar-refractivity contribution in [2.45, 2.75) is 45.1 Å². The molecule has 4 rings (SSSR count). The smallest absolute Gasteiger partial charge is 0.227 e. The Morgan fingerprint density at radius 1 is 1.24 bits per heavy atom. The third-order valence-electron chi connectivity index (χ3n) is 5.86. The first-order valence-electron chi connectivity index (χ1n) is 9.87. The third-order valence-corrected chi connectivity index (χ3v) is 7.55. The first-order valence-corrected chi connectivity index (χ1v) is 11.9. The minimum absolute atomic E-state index is 0.0542. The van der Waals surface area contributed by atoms with Crippen LogP contribution in [0.4, 0.5) is 5.69 Å². The lowest BCUT2D eigenvalue weighted by molar-refractivity contribution is -0.118. The molecule has 2 aromatic rings. The summed E-state index contributed by atoms with van der Waals surface area (Å²) in [6.45, 7) is 1.64. The van der Waals surface area contributed by atoms with Crippen molar-refractivity contribution in [3.63, 3.8) is 0 Å². The number of aryl methyl sites for hydroxylation is 1. The van der Waals surface area contributed by atoms with Gasteiger partial charge in [0.05, 0.1) is 16.5 Å². The van der Waals surface area contributed by atoms with E-state index in [9.17, 15) is 13.2 Å². The van der Waals surface area contributed by atoms with Crippen LogP contribution in [0, 0.1) is 0 Å². The van der Waals surface area contributed by atoms with Crippen molar-refractivity contribution in [2.75, 3.05) is 17.7 Å². The molecule has 6 nitrogen and oxygen atoms in total. The Bertz CT molecular complexity index is 1080. The average molecular weight is 434 g/mol. The number of rotatable bonds is 4. The van der Waals surface area contributed by atoms with Gasteiger partial charge in [0.1, 0.15) is 0 Å². The number of nitrogens with one attached hydrogen (secondary N) is 1. The summed E-state index contributed by atoms with van der Waals surface area (Å²) in [5.74, 6) is 0.121. The molecular weight excluding hydrogens is 410 g/mol. The number of carbonyl (C=O) groups excluding carboxylic acids is 1. The van der Waals surface area contributed by atoms with Gasteiger partial charge in [0, 0.05) is 37.5 Å². The number of fused-ring (bicyclic) bond motifs is 2. The van der Waals surface area contributed by atoms with E-state index in [0.717, 1.165) is 52.8 Å². The first kappa shape index (κ1) is 20.3. The zero-order valence-corrected chi connectivity index (χ0v) is 18.1. The van der Waals surface area contributed by atoms with Crippen molar-refractivity contribution in [2.24, 2.45) is 0 Å². The molecule has 154 valence electrons. The molecule has 8 heteroatoms. The molecule has 1 aromatic heterocycles. The number of benzene rings is 1. The maximum Gasteiger partial charge on any atom is 0.227 e. The molecule has 2 heterocycles. The molecule has 1 unspecified atom stereocenters. The highest BCUT2D eigenvalue weighted by atomic mass is 35.5. The van der Waals surface area contributed by atoms with Gasteiger partial charge >= 0.3 is 0 Å². The minimum Gasteiger partial charge on any atom is -0.314 e. The molecule has 0 radical (unpaired) electrons. The summed E-state index contributed by atoms with van der Waals surface area (Å²) >= 11 is 6.57.